The molecule has 0 saturated heterocycles. The fourth-order valence-electron chi connectivity index (χ4n) is 1.60. The molecular weight excluding hydrogens is 294 g/mol. The molecule has 0 aromatic carbocycles. The van der Waals surface area contributed by atoms with E-state index in [1.54, 1.807) is 16.3 Å². The smallest absolute Gasteiger partial charge is 0.319 e. The van der Waals surface area contributed by atoms with Gasteiger partial charge in [-0.1, -0.05) is 0 Å². The van der Waals surface area contributed by atoms with E-state index in [1.807, 2.05) is 13.8 Å². The van der Waals surface area contributed by atoms with Crippen LogP contribution in [0.25, 0.3) is 0 Å². The number of anilines is 1. The van der Waals surface area contributed by atoms with E-state index in [-0.39, 0.29) is 30.6 Å². The van der Waals surface area contributed by atoms with Crippen molar-refractivity contribution in [2.45, 2.75) is 19.9 Å². The Balaban J connectivity index is 2.67. The number of carbonyl (C=O) groups is 3. The summed E-state index contributed by atoms with van der Waals surface area (Å²) in [5.41, 5.74) is 5.49. The molecule has 0 atom stereocenters. The lowest BCUT2D eigenvalue weighted by molar-refractivity contribution is -0.142. The summed E-state index contributed by atoms with van der Waals surface area (Å²) in [6.45, 7) is 3.78. The number of hydrogen-bond acceptors (Lipinski definition) is 6. The number of amides is 2. The number of hydrogen-bond donors (Lipinski definition) is 2. The minimum absolute atomic E-state index is 0.00574. The lowest BCUT2D eigenvalue weighted by atomic mass is 10.3. The van der Waals surface area contributed by atoms with E-state index in [0.29, 0.717) is 5.00 Å². The third-order valence-electron chi connectivity index (χ3n) is 2.82. The van der Waals surface area contributed by atoms with Gasteiger partial charge in [0.2, 0.25) is 5.91 Å². The molecule has 0 spiro atoms. The second-order valence-electron chi connectivity index (χ2n) is 4.65. The molecule has 0 aliphatic rings. The first-order valence-electron chi connectivity index (χ1n) is 6.33. The van der Waals surface area contributed by atoms with Crippen molar-refractivity contribution in [3.63, 3.8) is 0 Å². The molecule has 0 unspecified atom stereocenters. The first kappa shape index (κ1) is 17.1. The van der Waals surface area contributed by atoms with E-state index in [9.17, 15) is 14.4 Å². The van der Waals surface area contributed by atoms with Crippen molar-refractivity contribution in [1.82, 2.24) is 4.90 Å². The number of methoxy groups -OCH3 is 1. The summed E-state index contributed by atoms with van der Waals surface area (Å²) < 4.78 is 4.60. The number of esters is 1. The van der Waals surface area contributed by atoms with Crippen molar-refractivity contribution < 1.29 is 19.1 Å². The van der Waals surface area contributed by atoms with Crippen LogP contribution < -0.4 is 11.1 Å². The molecule has 1 heterocycles. The highest BCUT2D eigenvalue weighted by atomic mass is 32.1. The monoisotopic (exact) mass is 313 g/mol. The van der Waals surface area contributed by atoms with Crippen molar-refractivity contribution in [3.05, 3.63) is 17.0 Å². The first-order valence-corrected chi connectivity index (χ1v) is 7.21. The number of nitrogens with one attached hydrogen (secondary N) is 1. The maximum atomic E-state index is 12.0. The second-order valence-corrected chi connectivity index (χ2v) is 5.57. The van der Waals surface area contributed by atoms with Crippen LogP contribution >= 0.6 is 11.3 Å². The standard InChI is InChI=1S/C13H19N3O4S/c1-8(2)16(7-11(18)20-3)6-10(17)15-13-9(12(14)19)4-5-21-13/h4-5,8H,6-7H2,1-3H3,(H2,14,19)(H,15,17). The zero-order chi connectivity index (χ0) is 16.0. The number of primary amides is 1. The molecule has 21 heavy (non-hydrogen) atoms. The minimum atomic E-state index is -0.596. The third-order valence-corrected chi connectivity index (χ3v) is 3.65. The normalized spacial score (nSPS) is 10.7. The van der Waals surface area contributed by atoms with E-state index in [1.165, 1.54) is 18.4 Å². The number of rotatable bonds is 7. The molecule has 0 radical (unpaired) electrons. The first-order chi connectivity index (χ1) is 9.85. The molecule has 7 nitrogen and oxygen atoms in total. The van der Waals surface area contributed by atoms with E-state index < -0.39 is 11.9 Å². The van der Waals surface area contributed by atoms with Gasteiger partial charge in [0, 0.05) is 6.04 Å². The minimum Gasteiger partial charge on any atom is -0.468 e. The molecule has 0 aliphatic carbocycles. The van der Waals surface area contributed by atoms with Crippen LogP contribution in [0.3, 0.4) is 0 Å². The Bertz CT molecular complexity index is 527. The Hall–Kier alpha value is -1.93. The van der Waals surface area contributed by atoms with Gasteiger partial charge in [-0.15, -0.1) is 11.3 Å². The maximum Gasteiger partial charge on any atom is 0.319 e. The number of carbonyl (C=O) groups excluding carboxylic acids is 3. The summed E-state index contributed by atoms with van der Waals surface area (Å²) in [6, 6.07) is 1.55. The van der Waals surface area contributed by atoms with Gasteiger partial charge in [0.05, 0.1) is 25.8 Å². The molecule has 0 bridgehead atoms. The predicted octanol–water partition coefficient (Wildman–Crippen LogP) is 0.669. The molecule has 1 rings (SSSR count). The van der Waals surface area contributed by atoms with Crippen LogP contribution in [0.5, 0.6) is 0 Å². The highest BCUT2D eigenvalue weighted by Crippen LogP contribution is 2.22. The molecular formula is C13H19N3O4S. The highest BCUT2D eigenvalue weighted by molar-refractivity contribution is 7.14. The summed E-state index contributed by atoms with van der Waals surface area (Å²) in [7, 11) is 1.30. The van der Waals surface area contributed by atoms with E-state index in [2.05, 4.69) is 10.1 Å². The number of nitrogens with zero attached hydrogens (tertiary/aromatic N) is 1. The number of nitrogens with two attached hydrogens (primary N) is 1. The zero-order valence-electron chi connectivity index (χ0n) is 12.2. The van der Waals surface area contributed by atoms with Gasteiger partial charge in [0.1, 0.15) is 5.00 Å². The summed E-state index contributed by atoms with van der Waals surface area (Å²) in [6.07, 6.45) is 0. The van der Waals surface area contributed by atoms with Gasteiger partial charge in [-0.25, -0.2) is 0 Å². The fraction of sp³-hybridized carbons (Fsp3) is 0.462. The third kappa shape index (κ3) is 5.16. The van der Waals surface area contributed by atoms with Crippen LogP contribution in [0.15, 0.2) is 11.4 Å². The van der Waals surface area contributed by atoms with Crippen LogP contribution in [0.4, 0.5) is 5.00 Å². The summed E-state index contributed by atoms with van der Waals surface area (Å²) in [4.78, 5) is 36.2. The topological polar surface area (TPSA) is 102 Å². The average molecular weight is 313 g/mol. The summed E-state index contributed by atoms with van der Waals surface area (Å²) >= 11 is 1.22. The molecule has 8 heteroatoms. The molecule has 0 fully saturated rings. The largest absolute Gasteiger partial charge is 0.468 e. The SMILES string of the molecule is COC(=O)CN(CC(=O)Nc1sccc1C(N)=O)C(C)C. The second kappa shape index (κ2) is 7.75. The highest BCUT2D eigenvalue weighted by Gasteiger charge is 2.19. The van der Waals surface area contributed by atoms with Crippen LogP contribution in [-0.2, 0) is 14.3 Å². The Morgan fingerprint density at radius 2 is 2.05 bits per heavy atom. The van der Waals surface area contributed by atoms with E-state index in [0.717, 1.165) is 0 Å². The Labute approximate surface area is 127 Å². The van der Waals surface area contributed by atoms with Gasteiger partial charge in [-0.3, -0.25) is 19.3 Å². The Morgan fingerprint density at radius 3 is 2.57 bits per heavy atom. The van der Waals surface area contributed by atoms with Gasteiger partial charge >= 0.3 is 5.97 Å². The average Bonchev–Trinajstić information content (AvgIpc) is 2.85. The summed E-state index contributed by atoms with van der Waals surface area (Å²) in [5.74, 6) is -1.33. The van der Waals surface area contributed by atoms with Crippen molar-refractivity contribution in [2.24, 2.45) is 5.73 Å². The molecule has 116 valence electrons. The van der Waals surface area contributed by atoms with Crippen LogP contribution in [0.1, 0.15) is 24.2 Å². The lowest BCUT2D eigenvalue weighted by Crippen LogP contribution is -2.41. The van der Waals surface area contributed by atoms with Gasteiger partial charge in [0.25, 0.3) is 5.91 Å². The quantitative estimate of drug-likeness (QED) is 0.720. The van der Waals surface area contributed by atoms with Crippen LogP contribution in [0.2, 0.25) is 0 Å². The van der Waals surface area contributed by atoms with E-state index in [4.69, 9.17) is 5.73 Å². The van der Waals surface area contributed by atoms with Crippen LogP contribution in [-0.4, -0.2) is 48.9 Å². The van der Waals surface area contributed by atoms with Gasteiger partial charge < -0.3 is 15.8 Å². The molecule has 0 aliphatic heterocycles. The van der Waals surface area contributed by atoms with Gasteiger partial charge in [-0.05, 0) is 25.3 Å². The van der Waals surface area contributed by atoms with Crippen molar-refractivity contribution in [1.29, 1.82) is 0 Å². The summed E-state index contributed by atoms with van der Waals surface area (Å²) in [5, 5.41) is 4.72. The number of thiophene rings is 1. The van der Waals surface area contributed by atoms with Crippen molar-refractivity contribution in [2.75, 3.05) is 25.5 Å². The van der Waals surface area contributed by atoms with Crippen molar-refractivity contribution >= 4 is 34.1 Å². The number of ether oxygens (including phenoxy) is 1. The van der Waals surface area contributed by atoms with Gasteiger partial charge in [-0.2, -0.15) is 0 Å². The Kier molecular flexibility index (Phi) is 6.32. The molecule has 1 aromatic heterocycles. The predicted molar refractivity (Wildman–Crippen MR) is 80.2 cm³/mol. The van der Waals surface area contributed by atoms with Crippen molar-refractivity contribution in [3.8, 4) is 0 Å². The lowest BCUT2D eigenvalue weighted by Gasteiger charge is -2.24. The van der Waals surface area contributed by atoms with Crippen LogP contribution in [0, 0.1) is 0 Å². The van der Waals surface area contributed by atoms with E-state index >= 15 is 0 Å². The fourth-order valence-corrected chi connectivity index (χ4v) is 2.41. The molecule has 1 aromatic rings. The maximum absolute atomic E-state index is 12.0. The molecule has 0 saturated carbocycles. The zero-order valence-corrected chi connectivity index (χ0v) is 13.0. The molecule has 3 N–H and O–H groups in total. The molecule has 2 amide bonds. The van der Waals surface area contributed by atoms with Gasteiger partial charge in [0.15, 0.2) is 0 Å². The Morgan fingerprint density at radius 1 is 1.38 bits per heavy atom.